The van der Waals surface area contributed by atoms with Gasteiger partial charge in [-0.25, -0.2) is 0 Å². The summed E-state index contributed by atoms with van der Waals surface area (Å²) in [6.07, 6.45) is 0. The van der Waals surface area contributed by atoms with Crippen molar-refractivity contribution >= 4 is 17.3 Å². The Balaban J connectivity index is 3.34. The quantitative estimate of drug-likeness (QED) is 0.469. The summed E-state index contributed by atoms with van der Waals surface area (Å²) in [6, 6.07) is 7.98. The number of benzene rings is 1. The monoisotopic (exact) mass is 282 g/mol. The Morgan fingerprint density at radius 1 is 1.24 bits per heavy atom. The molecule has 0 spiro atoms. The van der Waals surface area contributed by atoms with E-state index >= 15 is 0 Å². The molecule has 1 amide bonds. The van der Waals surface area contributed by atoms with Crippen LogP contribution in [0.2, 0.25) is 0 Å². The van der Waals surface area contributed by atoms with Crippen molar-refractivity contribution in [2.75, 3.05) is 5.32 Å². The van der Waals surface area contributed by atoms with E-state index in [4.69, 9.17) is 21.5 Å². The molecule has 1 aromatic rings. The summed E-state index contributed by atoms with van der Waals surface area (Å²) < 4.78 is 0. The first kappa shape index (κ1) is 15.2. The van der Waals surface area contributed by atoms with E-state index in [0.29, 0.717) is 0 Å². The number of hydrogen-bond donors (Lipinski definition) is 2. The van der Waals surface area contributed by atoms with Gasteiger partial charge in [-0.05, 0) is 12.1 Å². The second kappa shape index (κ2) is 6.32. The molecule has 0 unspecified atom stereocenters. The lowest BCUT2D eigenvalue weighted by Gasteiger charge is -2.06. The maximum Gasteiger partial charge on any atom is 0.284 e. The van der Waals surface area contributed by atoms with Crippen molar-refractivity contribution in [2.45, 2.75) is 0 Å². The highest BCUT2D eigenvalue weighted by Gasteiger charge is 2.19. The highest BCUT2D eigenvalue weighted by atomic mass is 16.6. The third-order valence-corrected chi connectivity index (χ3v) is 2.31. The fourth-order valence-electron chi connectivity index (χ4n) is 1.40. The van der Waals surface area contributed by atoms with Crippen molar-refractivity contribution in [3.05, 3.63) is 45.1 Å². The van der Waals surface area contributed by atoms with Crippen LogP contribution in [0.4, 0.5) is 11.4 Å². The zero-order chi connectivity index (χ0) is 16.0. The fourth-order valence-corrected chi connectivity index (χ4v) is 1.40. The Labute approximate surface area is 118 Å². The molecule has 0 aliphatic rings. The molecule has 1 aromatic carbocycles. The molecule has 3 N–H and O–H groups in total. The number of primary amides is 1. The van der Waals surface area contributed by atoms with Crippen LogP contribution in [0, 0.1) is 44.1 Å². The molecule has 9 heteroatoms. The van der Waals surface area contributed by atoms with Crippen LogP contribution in [0.15, 0.2) is 29.5 Å². The zero-order valence-corrected chi connectivity index (χ0v) is 10.3. The molecule has 0 aliphatic carbocycles. The zero-order valence-electron chi connectivity index (χ0n) is 10.3. The molecule has 102 valence electrons. The van der Waals surface area contributed by atoms with Crippen LogP contribution in [0.25, 0.3) is 0 Å². The van der Waals surface area contributed by atoms with Crippen molar-refractivity contribution in [1.29, 1.82) is 15.8 Å². The van der Waals surface area contributed by atoms with E-state index in [1.807, 2.05) is 0 Å². The molecule has 0 saturated carbocycles. The minimum atomic E-state index is -0.973. The van der Waals surface area contributed by atoms with Crippen molar-refractivity contribution in [2.24, 2.45) is 5.73 Å². The fraction of sp³-hybridized carbons (Fsp3) is 0. The maximum absolute atomic E-state index is 11.1. The van der Waals surface area contributed by atoms with Crippen molar-refractivity contribution in [3.63, 3.8) is 0 Å². The molecule has 21 heavy (non-hydrogen) atoms. The minimum absolute atomic E-state index is 0.0613. The largest absolute Gasteiger partial charge is 0.365 e. The summed E-state index contributed by atoms with van der Waals surface area (Å²) >= 11 is 0. The van der Waals surface area contributed by atoms with E-state index in [1.165, 1.54) is 18.2 Å². The predicted octanol–water partition coefficient (Wildman–Crippen LogP) is 0.930. The Hall–Kier alpha value is -3.90. The summed E-state index contributed by atoms with van der Waals surface area (Å²) in [4.78, 5) is 21.1. The molecular weight excluding hydrogens is 276 g/mol. The number of nitrogens with one attached hydrogen (secondary N) is 1. The van der Waals surface area contributed by atoms with E-state index in [0.717, 1.165) is 12.1 Å². The second-order valence-electron chi connectivity index (χ2n) is 3.56. The van der Waals surface area contributed by atoms with E-state index in [2.05, 4.69) is 5.32 Å². The number of nitrogens with zero attached hydrogens (tertiary/aromatic N) is 4. The van der Waals surface area contributed by atoms with Gasteiger partial charge in [0, 0.05) is 11.8 Å². The first-order valence-electron chi connectivity index (χ1n) is 5.24. The standard InChI is InChI=1S/C12H6N6O3/c13-4-7(5-14)10(6-15)17-8-1-2-9(12(16)19)11(3-8)18(20)21/h1-3,17H,(H2,16,19). The molecule has 0 bridgehead atoms. The molecule has 0 aliphatic heterocycles. The molecule has 0 radical (unpaired) electrons. The topological polar surface area (TPSA) is 170 Å². The minimum Gasteiger partial charge on any atom is -0.365 e. The second-order valence-corrected chi connectivity index (χ2v) is 3.56. The number of carbonyl (C=O) groups is 1. The van der Waals surface area contributed by atoms with Crippen molar-refractivity contribution in [1.82, 2.24) is 0 Å². The van der Waals surface area contributed by atoms with Gasteiger partial charge in [-0.1, -0.05) is 0 Å². The molecule has 0 atom stereocenters. The highest BCUT2D eigenvalue weighted by Crippen LogP contribution is 2.24. The van der Waals surface area contributed by atoms with E-state index < -0.39 is 22.1 Å². The van der Waals surface area contributed by atoms with Crippen LogP contribution < -0.4 is 11.1 Å². The third-order valence-electron chi connectivity index (χ3n) is 2.31. The Bertz CT molecular complexity index is 760. The number of anilines is 1. The third kappa shape index (κ3) is 3.31. The molecule has 1 rings (SSSR count). The maximum atomic E-state index is 11.1. The summed E-state index contributed by atoms with van der Waals surface area (Å²) in [7, 11) is 0. The summed E-state index contributed by atoms with van der Waals surface area (Å²) in [6.45, 7) is 0. The van der Waals surface area contributed by atoms with E-state index in [-0.39, 0.29) is 16.9 Å². The Morgan fingerprint density at radius 3 is 2.29 bits per heavy atom. The van der Waals surface area contributed by atoms with E-state index in [9.17, 15) is 14.9 Å². The average Bonchev–Trinajstić information content (AvgIpc) is 2.46. The number of rotatable bonds is 4. The van der Waals surface area contributed by atoms with Crippen molar-refractivity contribution in [3.8, 4) is 18.2 Å². The molecule has 0 saturated heterocycles. The van der Waals surface area contributed by atoms with Crippen LogP contribution in [-0.4, -0.2) is 10.8 Å². The molecule has 0 aromatic heterocycles. The van der Waals surface area contributed by atoms with Gasteiger partial charge in [-0.3, -0.25) is 14.9 Å². The lowest BCUT2D eigenvalue weighted by molar-refractivity contribution is -0.385. The van der Waals surface area contributed by atoms with Gasteiger partial charge >= 0.3 is 0 Å². The number of amides is 1. The van der Waals surface area contributed by atoms with Gasteiger partial charge in [-0.15, -0.1) is 0 Å². The van der Waals surface area contributed by atoms with Crippen LogP contribution in [0.1, 0.15) is 10.4 Å². The SMILES string of the molecule is N#CC(C#N)=C(C#N)Nc1ccc(C(N)=O)c([N+](=O)[O-])c1. The van der Waals surface area contributed by atoms with Crippen molar-refractivity contribution < 1.29 is 9.72 Å². The van der Waals surface area contributed by atoms with Gasteiger partial charge in [0.25, 0.3) is 11.6 Å². The summed E-state index contributed by atoms with van der Waals surface area (Å²) in [5.74, 6) is -0.973. The first-order chi connectivity index (χ1) is 9.94. The number of carbonyl (C=O) groups excluding carboxylic acids is 1. The number of nitriles is 3. The number of nitro groups is 1. The summed E-state index contributed by atoms with van der Waals surface area (Å²) in [5.41, 5.74) is 3.39. The Morgan fingerprint density at radius 2 is 1.86 bits per heavy atom. The number of nitrogens with two attached hydrogens (primary N) is 1. The predicted molar refractivity (Wildman–Crippen MR) is 69.1 cm³/mol. The van der Waals surface area contributed by atoms with Crippen LogP contribution in [0.5, 0.6) is 0 Å². The van der Waals surface area contributed by atoms with Gasteiger partial charge < -0.3 is 11.1 Å². The molecule has 0 heterocycles. The number of allylic oxidation sites excluding steroid dienone is 2. The Kier molecular flexibility index (Phi) is 4.56. The van der Waals surface area contributed by atoms with Crippen LogP contribution >= 0.6 is 0 Å². The van der Waals surface area contributed by atoms with Crippen LogP contribution in [-0.2, 0) is 0 Å². The average molecular weight is 282 g/mol. The highest BCUT2D eigenvalue weighted by molar-refractivity contribution is 5.97. The normalized spacial score (nSPS) is 8.62. The molecule has 0 fully saturated rings. The lowest BCUT2D eigenvalue weighted by atomic mass is 10.1. The number of nitro benzene ring substituents is 1. The number of hydrogen-bond acceptors (Lipinski definition) is 7. The molecular formula is C12H6N6O3. The van der Waals surface area contributed by atoms with Gasteiger partial charge in [0.15, 0.2) is 5.57 Å². The first-order valence-corrected chi connectivity index (χ1v) is 5.24. The lowest BCUT2D eigenvalue weighted by Crippen LogP contribution is -2.13. The van der Waals surface area contributed by atoms with Gasteiger partial charge in [0.1, 0.15) is 29.5 Å². The summed E-state index contributed by atoms with van der Waals surface area (Å²) in [5, 5.41) is 39.5. The van der Waals surface area contributed by atoms with Gasteiger partial charge in [0.2, 0.25) is 0 Å². The van der Waals surface area contributed by atoms with E-state index in [1.54, 1.807) is 6.07 Å². The smallest absolute Gasteiger partial charge is 0.284 e. The van der Waals surface area contributed by atoms with Gasteiger partial charge in [0.05, 0.1) is 4.92 Å². The van der Waals surface area contributed by atoms with Crippen LogP contribution in [0.3, 0.4) is 0 Å². The van der Waals surface area contributed by atoms with Gasteiger partial charge in [-0.2, -0.15) is 15.8 Å². The molecule has 9 nitrogen and oxygen atoms in total.